The van der Waals surface area contributed by atoms with Crippen molar-refractivity contribution in [1.29, 1.82) is 0 Å². The number of imide groups is 2. The molecule has 2 heterocycles. The van der Waals surface area contributed by atoms with E-state index in [9.17, 15) is 24.0 Å². The van der Waals surface area contributed by atoms with E-state index in [0.29, 0.717) is 5.06 Å². The molecule has 8 nitrogen and oxygen atoms in total. The molecule has 0 spiro atoms. The van der Waals surface area contributed by atoms with Crippen LogP contribution in [0.3, 0.4) is 0 Å². The Bertz CT molecular complexity index is 556. The lowest BCUT2D eigenvalue weighted by atomic mass is 9.94. The number of likely N-dealkylation sites (tertiary alicyclic amines) is 1. The maximum absolute atomic E-state index is 12.1. The lowest BCUT2D eigenvalue weighted by Crippen LogP contribution is -2.41. The Morgan fingerprint density at radius 3 is 2.23 bits per heavy atom. The number of carbonyl (C=O) groups excluding carboxylic acids is 5. The molecule has 0 aromatic heterocycles. The van der Waals surface area contributed by atoms with Gasteiger partial charge in [-0.2, -0.15) is 0 Å². The summed E-state index contributed by atoms with van der Waals surface area (Å²) < 4.78 is 0. The first-order chi connectivity index (χ1) is 10.2. The molecule has 8 heteroatoms. The quantitative estimate of drug-likeness (QED) is 0.670. The van der Waals surface area contributed by atoms with Gasteiger partial charge in [0.1, 0.15) is 6.54 Å². The zero-order chi connectivity index (χ0) is 16.6. The van der Waals surface area contributed by atoms with Crippen LogP contribution in [0.25, 0.3) is 0 Å². The van der Waals surface area contributed by atoms with Gasteiger partial charge >= 0.3 is 5.97 Å². The molecule has 120 valence electrons. The van der Waals surface area contributed by atoms with Gasteiger partial charge in [0.25, 0.3) is 11.8 Å². The monoisotopic (exact) mass is 310 g/mol. The van der Waals surface area contributed by atoms with Crippen molar-refractivity contribution in [3.63, 3.8) is 0 Å². The Morgan fingerprint density at radius 1 is 1.14 bits per heavy atom. The summed E-state index contributed by atoms with van der Waals surface area (Å²) in [5.74, 6) is -4.07. The van der Waals surface area contributed by atoms with Gasteiger partial charge in [0.15, 0.2) is 0 Å². The van der Waals surface area contributed by atoms with E-state index in [4.69, 9.17) is 4.84 Å². The van der Waals surface area contributed by atoms with Gasteiger partial charge in [0.2, 0.25) is 11.8 Å². The number of rotatable bonds is 4. The fraction of sp³-hybridized carbons (Fsp3) is 0.643. The van der Waals surface area contributed by atoms with Crippen LogP contribution in [0, 0.1) is 17.8 Å². The fourth-order valence-corrected chi connectivity index (χ4v) is 2.51. The van der Waals surface area contributed by atoms with E-state index >= 15 is 0 Å². The van der Waals surface area contributed by atoms with Crippen LogP contribution in [0.2, 0.25) is 0 Å². The zero-order valence-corrected chi connectivity index (χ0v) is 12.7. The van der Waals surface area contributed by atoms with Crippen LogP contribution in [-0.2, 0) is 28.8 Å². The number of nitrogens with zero attached hydrogens (tertiary/aromatic N) is 2. The molecule has 2 rings (SSSR count). The summed E-state index contributed by atoms with van der Waals surface area (Å²) >= 11 is 0. The SMILES string of the molecule is CC1CC(=O)N(OC(=O)CN2C(=O)CC(C(C)C)C2=O)C1=O. The topological polar surface area (TPSA) is 101 Å². The molecule has 0 aromatic carbocycles. The summed E-state index contributed by atoms with van der Waals surface area (Å²) in [6.07, 6.45) is 0.0332. The summed E-state index contributed by atoms with van der Waals surface area (Å²) in [6.45, 7) is 4.60. The minimum absolute atomic E-state index is 0.0138. The molecule has 2 fully saturated rings. The van der Waals surface area contributed by atoms with Crippen molar-refractivity contribution in [2.75, 3.05) is 6.54 Å². The Labute approximate surface area is 127 Å². The maximum Gasteiger partial charge on any atom is 0.352 e. The summed E-state index contributed by atoms with van der Waals surface area (Å²) in [7, 11) is 0. The van der Waals surface area contributed by atoms with Crippen molar-refractivity contribution < 1.29 is 28.8 Å². The molecule has 0 N–H and O–H groups in total. The van der Waals surface area contributed by atoms with Gasteiger partial charge in [-0.3, -0.25) is 24.1 Å². The Hall–Kier alpha value is -2.25. The third-order valence-electron chi connectivity index (χ3n) is 3.89. The first-order valence-corrected chi connectivity index (χ1v) is 7.14. The van der Waals surface area contributed by atoms with Gasteiger partial charge in [-0.25, -0.2) is 4.79 Å². The van der Waals surface area contributed by atoms with Crippen molar-refractivity contribution in [3.8, 4) is 0 Å². The smallest absolute Gasteiger partial charge is 0.328 e. The van der Waals surface area contributed by atoms with Crippen LogP contribution in [0.5, 0.6) is 0 Å². The molecule has 0 saturated carbocycles. The second-order valence-corrected chi connectivity index (χ2v) is 5.97. The lowest BCUT2D eigenvalue weighted by Gasteiger charge is -2.17. The van der Waals surface area contributed by atoms with Crippen LogP contribution < -0.4 is 0 Å². The molecule has 4 amide bonds. The Kier molecular flexibility index (Phi) is 4.30. The molecule has 22 heavy (non-hydrogen) atoms. The van der Waals surface area contributed by atoms with Crippen LogP contribution in [0.15, 0.2) is 0 Å². The molecular weight excluding hydrogens is 292 g/mol. The second-order valence-electron chi connectivity index (χ2n) is 5.97. The molecule has 0 bridgehead atoms. The van der Waals surface area contributed by atoms with E-state index in [1.165, 1.54) is 0 Å². The minimum atomic E-state index is -0.984. The Morgan fingerprint density at radius 2 is 1.77 bits per heavy atom. The molecule has 2 unspecified atom stereocenters. The molecule has 0 aliphatic carbocycles. The van der Waals surface area contributed by atoms with E-state index in [-0.39, 0.29) is 18.8 Å². The van der Waals surface area contributed by atoms with E-state index in [1.807, 2.05) is 13.8 Å². The summed E-state index contributed by atoms with van der Waals surface area (Å²) in [6, 6.07) is 0. The average molecular weight is 310 g/mol. The van der Waals surface area contributed by atoms with Crippen molar-refractivity contribution >= 4 is 29.6 Å². The van der Waals surface area contributed by atoms with Gasteiger partial charge < -0.3 is 4.84 Å². The first kappa shape index (κ1) is 16.1. The van der Waals surface area contributed by atoms with Crippen molar-refractivity contribution in [1.82, 2.24) is 9.96 Å². The van der Waals surface area contributed by atoms with Gasteiger partial charge in [-0.1, -0.05) is 20.8 Å². The second kappa shape index (κ2) is 5.86. The Balaban J connectivity index is 1.98. The molecule has 0 radical (unpaired) electrons. The normalized spacial score (nSPS) is 25.6. The predicted molar refractivity (Wildman–Crippen MR) is 71.4 cm³/mol. The molecule has 2 aliphatic heterocycles. The third-order valence-corrected chi connectivity index (χ3v) is 3.89. The molecule has 2 aliphatic rings. The van der Waals surface area contributed by atoms with E-state index in [1.54, 1.807) is 6.92 Å². The maximum atomic E-state index is 12.1. The van der Waals surface area contributed by atoms with Crippen LogP contribution >= 0.6 is 0 Å². The number of hydrogen-bond acceptors (Lipinski definition) is 6. The third kappa shape index (κ3) is 2.86. The number of hydrogen-bond donors (Lipinski definition) is 0. The zero-order valence-electron chi connectivity index (χ0n) is 12.7. The first-order valence-electron chi connectivity index (χ1n) is 7.14. The molecule has 2 saturated heterocycles. The minimum Gasteiger partial charge on any atom is -0.328 e. The van der Waals surface area contributed by atoms with E-state index in [2.05, 4.69) is 0 Å². The van der Waals surface area contributed by atoms with Crippen LogP contribution in [-0.4, -0.2) is 46.1 Å². The standard InChI is InChI=1S/C14H18N2O6/c1-7(2)9-5-10(17)15(14(9)21)6-12(19)22-16-11(18)4-8(3)13(16)20/h7-9H,4-6H2,1-3H3. The van der Waals surface area contributed by atoms with Crippen molar-refractivity contribution in [2.45, 2.75) is 33.6 Å². The van der Waals surface area contributed by atoms with Gasteiger partial charge in [0.05, 0.1) is 0 Å². The highest BCUT2D eigenvalue weighted by Crippen LogP contribution is 2.26. The van der Waals surface area contributed by atoms with E-state index < -0.39 is 48.0 Å². The van der Waals surface area contributed by atoms with Crippen LogP contribution in [0.4, 0.5) is 0 Å². The van der Waals surface area contributed by atoms with Crippen molar-refractivity contribution in [2.24, 2.45) is 17.8 Å². The van der Waals surface area contributed by atoms with Crippen molar-refractivity contribution in [3.05, 3.63) is 0 Å². The van der Waals surface area contributed by atoms with E-state index in [0.717, 1.165) is 4.90 Å². The van der Waals surface area contributed by atoms with Gasteiger partial charge in [-0.15, -0.1) is 5.06 Å². The van der Waals surface area contributed by atoms with Crippen LogP contribution in [0.1, 0.15) is 33.6 Å². The highest BCUT2D eigenvalue weighted by molar-refractivity contribution is 6.06. The van der Waals surface area contributed by atoms with Gasteiger partial charge in [0, 0.05) is 24.7 Å². The number of carbonyl (C=O) groups is 5. The highest BCUT2D eigenvalue weighted by atomic mass is 16.7. The lowest BCUT2D eigenvalue weighted by molar-refractivity contribution is -0.198. The number of amides is 4. The average Bonchev–Trinajstić information content (AvgIpc) is 2.83. The summed E-state index contributed by atoms with van der Waals surface area (Å²) in [4.78, 5) is 64.4. The molecular formula is C14H18N2O6. The predicted octanol–water partition coefficient (Wildman–Crippen LogP) is -0.129. The number of hydroxylamine groups is 2. The fourth-order valence-electron chi connectivity index (χ4n) is 2.51. The molecule has 0 aromatic rings. The molecule has 2 atom stereocenters. The summed E-state index contributed by atoms with van der Waals surface area (Å²) in [5, 5.41) is 0.415. The largest absolute Gasteiger partial charge is 0.352 e. The highest BCUT2D eigenvalue weighted by Gasteiger charge is 2.43. The van der Waals surface area contributed by atoms with Gasteiger partial charge in [-0.05, 0) is 5.92 Å². The summed E-state index contributed by atoms with van der Waals surface area (Å²) in [5.41, 5.74) is 0.